The SMILES string of the molecule is Cc1cc(F)ccc1S(=O)(=O)NCCS(=O)(=O)N(C)c1ccccc1. The predicted octanol–water partition coefficient (Wildman–Crippen LogP) is 1.88. The Labute approximate surface area is 147 Å². The van der Waals surface area contributed by atoms with Crippen molar-refractivity contribution in [2.45, 2.75) is 11.8 Å². The number of anilines is 1. The van der Waals surface area contributed by atoms with E-state index in [4.69, 9.17) is 0 Å². The van der Waals surface area contributed by atoms with Crippen molar-refractivity contribution in [1.82, 2.24) is 4.72 Å². The van der Waals surface area contributed by atoms with Crippen molar-refractivity contribution in [2.24, 2.45) is 0 Å². The van der Waals surface area contributed by atoms with Crippen LogP contribution in [0.1, 0.15) is 5.56 Å². The first kappa shape index (κ1) is 19.4. The maximum atomic E-state index is 13.1. The lowest BCUT2D eigenvalue weighted by Gasteiger charge is -2.19. The van der Waals surface area contributed by atoms with Gasteiger partial charge >= 0.3 is 0 Å². The van der Waals surface area contributed by atoms with Gasteiger partial charge in [0.25, 0.3) is 0 Å². The van der Waals surface area contributed by atoms with Gasteiger partial charge < -0.3 is 0 Å². The van der Waals surface area contributed by atoms with E-state index in [1.54, 1.807) is 30.3 Å². The van der Waals surface area contributed by atoms with E-state index in [-0.39, 0.29) is 17.0 Å². The molecule has 0 spiro atoms. The van der Waals surface area contributed by atoms with Gasteiger partial charge in [-0.25, -0.2) is 25.9 Å². The lowest BCUT2D eigenvalue weighted by molar-refractivity contribution is 0.579. The molecular formula is C16H19FN2O4S2. The number of nitrogens with one attached hydrogen (secondary N) is 1. The van der Waals surface area contributed by atoms with Gasteiger partial charge in [-0.15, -0.1) is 0 Å². The average Bonchev–Trinajstić information content (AvgIpc) is 2.54. The monoisotopic (exact) mass is 386 g/mol. The third-order valence-electron chi connectivity index (χ3n) is 3.62. The summed E-state index contributed by atoms with van der Waals surface area (Å²) in [5.41, 5.74) is 0.733. The molecule has 0 amide bonds. The summed E-state index contributed by atoms with van der Waals surface area (Å²) in [5, 5.41) is 0. The average molecular weight is 386 g/mol. The molecule has 1 N–H and O–H groups in total. The Hall–Kier alpha value is -1.97. The molecule has 6 nitrogen and oxygen atoms in total. The van der Waals surface area contributed by atoms with Gasteiger partial charge in [-0.3, -0.25) is 4.31 Å². The molecule has 2 aromatic carbocycles. The standard InChI is InChI=1S/C16H19FN2O4S2/c1-13-12-14(17)8-9-16(13)25(22,23)18-10-11-24(20,21)19(2)15-6-4-3-5-7-15/h3-9,12,18H,10-11H2,1-2H3. The molecule has 136 valence electrons. The highest BCUT2D eigenvalue weighted by Crippen LogP contribution is 2.17. The zero-order chi connectivity index (χ0) is 18.7. The van der Waals surface area contributed by atoms with Gasteiger partial charge in [-0.2, -0.15) is 0 Å². The minimum atomic E-state index is -3.92. The first-order chi connectivity index (χ1) is 11.6. The highest BCUT2D eigenvalue weighted by Gasteiger charge is 2.21. The first-order valence-corrected chi connectivity index (χ1v) is 10.5. The molecule has 0 saturated heterocycles. The number of benzene rings is 2. The van der Waals surface area contributed by atoms with Crippen LogP contribution in [-0.2, 0) is 20.0 Å². The molecule has 25 heavy (non-hydrogen) atoms. The molecule has 2 aromatic rings. The quantitative estimate of drug-likeness (QED) is 0.788. The highest BCUT2D eigenvalue weighted by atomic mass is 32.2. The maximum Gasteiger partial charge on any atom is 0.240 e. The molecule has 0 bridgehead atoms. The molecule has 0 fully saturated rings. The largest absolute Gasteiger partial charge is 0.273 e. The van der Waals surface area contributed by atoms with E-state index >= 15 is 0 Å². The number of hydrogen-bond acceptors (Lipinski definition) is 4. The van der Waals surface area contributed by atoms with Gasteiger partial charge in [0.2, 0.25) is 20.0 Å². The molecule has 2 rings (SSSR count). The van der Waals surface area contributed by atoms with E-state index in [0.29, 0.717) is 5.69 Å². The summed E-state index contributed by atoms with van der Waals surface area (Å²) in [4.78, 5) is -0.0808. The van der Waals surface area contributed by atoms with E-state index in [1.807, 2.05) is 0 Å². The molecule has 0 heterocycles. The number of nitrogens with zero attached hydrogens (tertiary/aromatic N) is 1. The topological polar surface area (TPSA) is 83.5 Å². The predicted molar refractivity (Wildman–Crippen MR) is 95.0 cm³/mol. The molecule has 0 aromatic heterocycles. The second kappa shape index (κ2) is 7.51. The number of para-hydroxylation sites is 1. The number of aryl methyl sites for hydroxylation is 1. The van der Waals surface area contributed by atoms with Crippen molar-refractivity contribution in [1.29, 1.82) is 0 Å². The van der Waals surface area contributed by atoms with Crippen molar-refractivity contribution in [3.05, 3.63) is 59.9 Å². The van der Waals surface area contributed by atoms with Crippen LogP contribution in [-0.4, -0.2) is 36.2 Å². The van der Waals surface area contributed by atoms with Crippen LogP contribution in [0, 0.1) is 12.7 Å². The summed E-state index contributed by atoms with van der Waals surface area (Å²) >= 11 is 0. The first-order valence-electron chi connectivity index (χ1n) is 7.41. The fourth-order valence-corrected chi connectivity index (χ4v) is 4.69. The Kier molecular flexibility index (Phi) is 5.81. The summed E-state index contributed by atoms with van der Waals surface area (Å²) in [6.07, 6.45) is 0. The summed E-state index contributed by atoms with van der Waals surface area (Å²) in [6, 6.07) is 11.8. The second-order valence-corrected chi connectivity index (χ2v) is 9.28. The third-order valence-corrected chi connectivity index (χ3v) is 7.00. The number of rotatable bonds is 7. The fraction of sp³-hybridized carbons (Fsp3) is 0.250. The molecule has 0 aliphatic heterocycles. The van der Waals surface area contributed by atoms with E-state index in [0.717, 1.165) is 22.5 Å². The maximum absolute atomic E-state index is 13.1. The Morgan fingerprint density at radius 1 is 1.04 bits per heavy atom. The number of sulfonamides is 2. The van der Waals surface area contributed by atoms with E-state index in [9.17, 15) is 21.2 Å². The van der Waals surface area contributed by atoms with Crippen LogP contribution in [0.2, 0.25) is 0 Å². The van der Waals surface area contributed by atoms with Crippen molar-refractivity contribution in [2.75, 3.05) is 23.7 Å². The second-order valence-electron chi connectivity index (χ2n) is 5.43. The molecule has 0 aliphatic rings. The smallest absolute Gasteiger partial charge is 0.240 e. The van der Waals surface area contributed by atoms with Crippen LogP contribution >= 0.6 is 0 Å². The summed E-state index contributed by atoms with van der Waals surface area (Å²) < 4.78 is 65.5. The van der Waals surface area contributed by atoms with Crippen LogP contribution in [0.25, 0.3) is 0 Å². The molecule has 9 heteroatoms. The van der Waals surface area contributed by atoms with Crippen molar-refractivity contribution in [3.63, 3.8) is 0 Å². The van der Waals surface area contributed by atoms with Crippen LogP contribution < -0.4 is 9.03 Å². The molecule has 0 atom stereocenters. The normalized spacial score (nSPS) is 12.1. The molecule has 0 radical (unpaired) electrons. The fourth-order valence-electron chi connectivity index (χ4n) is 2.23. The van der Waals surface area contributed by atoms with E-state index < -0.39 is 31.6 Å². The molecule has 0 saturated carbocycles. The van der Waals surface area contributed by atoms with Crippen LogP contribution in [0.4, 0.5) is 10.1 Å². The van der Waals surface area contributed by atoms with Crippen LogP contribution in [0.5, 0.6) is 0 Å². The van der Waals surface area contributed by atoms with Gasteiger partial charge in [0, 0.05) is 13.6 Å². The minimum Gasteiger partial charge on any atom is -0.273 e. The van der Waals surface area contributed by atoms with E-state index in [2.05, 4.69) is 4.72 Å². The Morgan fingerprint density at radius 3 is 2.28 bits per heavy atom. The number of halogens is 1. The lowest BCUT2D eigenvalue weighted by atomic mass is 10.2. The van der Waals surface area contributed by atoms with Crippen LogP contribution in [0.3, 0.4) is 0 Å². The van der Waals surface area contributed by atoms with Gasteiger partial charge in [0.15, 0.2) is 0 Å². The van der Waals surface area contributed by atoms with Crippen molar-refractivity contribution >= 4 is 25.7 Å². The summed E-state index contributed by atoms with van der Waals surface area (Å²) in [5.74, 6) is -0.943. The molecular weight excluding hydrogens is 367 g/mol. The van der Waals surface area contributed by atoms with Gasteiger partial charge in [-0.05, 0) is 42.8 Å². The Morgan fingerprint density at radius 2 is 1.68 bits per heavy atom. The van der Waals surface area contributed by atoms with Gasteiger partial charge in [0.05, 0.1) is 16.3 Å². The lowest BCUT2D eigenvalue weighted by Crippen LogP contribution is -2.35. The minimum absolute atomic E-state index is 0.0808. The van der Waals surface area contributed by atoms with E-state index in [1.165, 1.54) is 14.0 Å². The van der Waals surface area contributed by atoms with Crippen molar-refractivity contribution in [3.8, 4) is 0 Å². The zero-order valence-corrected chi connectivity index (χ0v) is 15.4. The zero-order valence-electron chi connectivity index (χ0n) is 13.8. The van der Waals surface area contributed by atoms with Gasteiger partial charge in [-0.1, -0.05) is 18.2 Å². The van der Waals surface area contributed by atoms with Crippen molar-refractivity contribution < 1.29 is 21.2 Å². The summed E-state index contributed by atoms with van der Waals surface area (Å²) in [6.45, 7) is 1.18. The number of hydrogen-bond donors (Lipinski definition) is 1. The Balaban J connectivity index is 2.06. The molecule has 0 aliphatic carbocycles. The van der Waals surface area contributed by atoms with Gasteiger partial charge in [0.1, 0.15) is 5.82 Å². The molecule has 0 unspecified atom stereocenters. The van der Waals surface area contributed by atoms with Crippen LogP contribution in [0.15, 0.2) is 53.4 Å². The highest BCUT2D eigenvalue weighted by molar-refractivity contribution is 7.93. The summed E-state index contributed by atoms with van der Waals surface area (Å²) in [7, 11) is -6.20. The Bertz CT molecular complexity index is 945. The third kappa shape index (κ3) is 4.77.